The SMILES string of the molecule is CN(C(=Nc1ccccc1)SCCN1C(=O)c2ccccc2C1=O)C1CCCCC1. The summed E-state index contributed by atoms with van der Waals surface area (Å²) in [5.74, 6) is 0.227. The van der Waals surface area contributed by atoms with Crippen molar-refractivity contribution in [2.75, 3.05) is 19.3 Å². The molecule has 1 aliphatic heterocycles. The number of nitrogens with zero attached hydrogens (tertiary/aromatic N) is 3. The lowest BCUT2D eigenvalue weighted by molar-refractivity contribution is 0.0664. The van der Waals surface area contributed by atoms with E-state index in [1.807, 2.05) is 30.3 Å². The summed E-state index contributed by atoms with van der Waals surface area (Å²) < 4.78 is 0. The second-order valence-electron chi connectivity index (χ2n) is 7.79. The van der Waals surface area contributed by atoms with Crippen molar-refractivity contribution in [1.82, 2.24) is 9.80 Å². The molecule has 0 bridgehead atoms. The van der Waals surface area contributed by atoms with Crippen LogP contribution in [0.15, 0.2) is 59.6 Å². The van der Waals surface area contributed by atoms with Crippen LogP contribution in [0, 0.1) is 0 Å². The Kier molecular flexibility index (Phi) is 6.53. The Morgan fingerprint density at radius 2 is 1.57 bits per heavy atom. The first kappa shape index (κ1) is 20.7. The second kappa shape index (κ2) is 9.47. The Balaban J connectivity index is 1.45. The van der Waals surface area contributed by atoms with Gasteiger partial charge in [0.05, 0.1) is 16.8 Å². The maximum Gasteiger partial charge on any atom is 0.261 e. The monoisotopic (exact) mass is 421 g/mol. The number of imide groups is 1. The van der Waals surface area contributed by atoms with Crippen molar-refractivity contribution in [2.24, 2.45) is 4.99 Å². The van der Waals surface area contributed by atoms with E-state index in [4.69, 9.17) is 4.99 Å². The predicted molar refractivity (Wildman–Crippen MR) is 122 cm³/mol. The number of aliphatic imine (C=N–C) groups is 1. The summed E-state index contributed by atoms with van der Waals surface area (Å²) in [5, 5.41) is 0.949. The number of amidine groups is 1. The van der Waals surface area contributed by atoms with Crippen LogP contribution in [-0.2, 0) is 0 Å². The minimum absolute atomic E-state index is 0.196. The molecule has 0 aromatic heterocycles. The average molecular weight is 422 g/mol. The molecule has 0 radical (unpaired) electrons. The standard InChI is InChI=1S/C24H27N3O2S/c1-26(19-12-6-3-7-13-19)24(25-18-10-4-2-5-11-18)30-17-16-27-22(28)20-14-8-9-15-21(20)23(27)29/h2,4-5,8-11,14-15,19H,3,6-7,12-13,16-17H2,1H3. The molecular weight excluding hydrogens is 394 g/mol. The van der Waals surface area contributed by atoms with E-state index >= 15 is 0 Å². The number of para-hydroxylation sites is 1. The molecule has 0 spiro atoms. The van der Waals surface area contributed by atoms with Gasteiger partial charge in [-0.1, -0.05) is 61.4 Å². The molecule has 4 rings (SSSR count). The van der Waals surface area contributed by atoms with Crippen LogP contribution in [0.2, 0.25) is 0 Å². The van der Waals surface area contributed by atoms with E-state index in [0.717, 1.165) is 10.9 Å². The van der Waals surface area contributed by atoms with Gasteiger partial charge in [0, 0.05) is 25.4 Å². The van der Waals surface area contributed by atoms with Crippen molar-refractivity contribution < 1.29 is 9.59 Å². The fraction of sp³-hybridized carbons (Fsp3) is 0.375. The van der Waals surface area contributed by atoms with Crippen LogP contribution in [0.25, 0.3) is 0 Å². The zero-order chi connectivity index (χ0) is 20.9. The van der Waals surface area contributed by atoms with Gasteiger partial charge in [-0.25, -0.2) is 4.99 Å². The molecule has 2 aromatic rings. The molecule has 2 aromatic carbocycles. The fourth-order valence-corrected chi connectivity index (χ4v) is 5.10. The van der Waals surface area contributed by atoms with Crippen LogP contribution in [-0.4, -0.2) is 52.2 Å². The molecule has 1 aliphatic carbocycles. The number of amides is 2. The smallest absolute Gasteiger partial charge is 0.261 e. The molecule has 0 unspecified atom stereocenters. The molecule has 1 fully saturated rings. The fourth-order valence-electron chi connectivity index (χ4n) is 4.12. The van der Waals surface area contributed by atoms with Gasteiger partial charge in [-0.2, -0.15) is 0 Å². The molecule has 0 atom stereocenters. The molecular formula is C24H27N3O2S. The minimum atomic E-state index is -0.196. The second-order valence-corrected chi connectivity index (χ2v) is 8.85. The summed E-state index contributed by atoms with van der Waals surface area (Å²) in [4.78, 5) is 33.8. The number of fused-ring (bicyclic) bond motifs is 1. The highest BCUT2D eigenvalue weighted by Gasteiger charge is 2.34. The van der Waals surface area contributed by atoms with Gasteiger partial charge in [0.2, 0.25) is 0 Å². The van der Waals surface area contributed by atoms with E-state index in [1.165, 1.54) is 37.0 Å². The first-order valence-corrected chi connectivity index (χ1v) is 11.6. The van der Waals surface area contributed by atoms with Crippen LogP contribution in [0.5, 0.6) is 0 Å². The average Bonchev–Trinajstić information content (AvgIpc) is 3.04. The molecule has 1 saturated carbocycles. The van der Waals surface area contributed by atoms with Gasteiger partial charge in [0.15, 0.2) is 5.17 Å². The maximum absolute atomic E-state index is 12.6. The topological polar surface area (TPSA) is 53.0 Å². The molecule has 2 amide bonds. The molecule has 2 aliphatic rings. The lowest BCUT2D eigenvalue weighted by Crippen LogP contribution is -2.38. The van der Waals surface area contributed by atoms with Gasteiger partial charge in [0.25, 0.3) is 11.8 Å². The Labute approximate surface area is 182 Å². The number of rotatable bonds is 5. The molecule has 156 valence electrons. The van der Waals surface area contributed by atoms with Gasteiger partial charge in [-0.05, 0) is 37.1 Å². The van der Waals surface area contributed by atoms with Gasteiger partial charge < -0.3 is 4.90 Å². The van der Waals surface area contributed by atoms with Crippen LogP contribution >= 0.6 is 11.8 Å². The van der Waals surface area contributed by atoms with Gasteiger partial charge >= 0.3 is 0 Å². The highest BCUT2D eigenvalue weighted by molar-refractivity contribution is 8.13. The lowest BCUT2D eigenvalue weighted by Gasteiger charge is -2.33. The maximum atomic E-state index is 12.6. The normalized spacial score (nSPS) is 17.4. The van der Waals surface area contributed by atoms with Crippen molar-refractivity contribution in [3.8, 4) is 0 Å². The zero-order valence-electron chi connectivity index (χ0n) is 17.3. The van der Waals surface area contributed by atoms with Gasteiger partial charge in [0.1, 0.15) is 0 Å². The summed E-state index contributed by atoms with van der Waals surface area (Å²) in [6, 6.07) is 17.5. The van der Waals surface area contributed by atoms with Gasteiger partial charge in [-0.3, -0.25) is 14.5 Å². The quantitative estimate of drug-likeness (QED) is 0.389. The van der Waals surface area contributed by atoms with Crippen molar-refractivity contribution in [3.05, 3.63) is 65.7 Å². The van der Waals surface area contributed by atoms with E-state index in [2.05, 4.69) is 11.9 Å². The van der Waals surface area contributed by atoms with Crippen LogP contribution in [0.4, 0.5) is 5.69 Å². The number of benzene rings is 2. The molecule has 0 N–H and O–H groups in total. The predicted octanol–water partition coefficient (Wildman–Crippen LogP) is 4.97. The van der Waals surface area contributed by atoms with E-state index in [-0.39, 0.29) is 11.8 Å². The van der Waals surface area contributed by atoms with Crippen molar-refractivity contribution in [1.29, 1.82) is 0 Å². The molecule has 30 heavy (non-hydrogen) atoms. The first-order valence-electron chi connectivity index (χ1n) is 10.6. The Morgan fingerprint density at radius 3 is 2.20 bits per heavy atom. The number of thioether (sulfide) groups is 1. The van der Waals surface area contributed by atoms with Crippen LogP contribution in [0.1, 0.15) is 52.8 Å². The largest absolute Gasteiger partial charge is 0.351 e. The number of hydrogen-bond acceptors (Lipinski definition) is 4. The summed E-state index contributed by atoms with van der Waals surface area (Å²) >= 11 is 1.62. The lowest BCUT2D eigenvalue weighted by atomic mass is 9.95. The third-order valence-corrected chi connectivity index (χ3v) is 6.85. The first-order chi connectivity index (χ1) is 14.6. The Morgan fingerprint density at radius 1 is 0.967 bits per heavy atom. The van der Waals surface area contributed by atoms with E-state index < -0.39 is 0 Å². The summed E-state index contributed by atoms with van der Waals surface area (Å²) in [6.07, 6.45) is 6.19. The number of carbonyl (C=O) groups is 2. The van der Waals surface area contributed by atoms with E-state index in [0.29, 0.717) is 29.5 Å². The van der Waals surface area contributed by atoms with Crippen molar-refractivity contribution >= 4 is 34.4 Å². The number of hydrogen-bond donors (Lipinski definition) is 0. The highest BCUT2D eigenvalue weighted by atomic mass is 32.2. The molecule has 0 saturated heterocycles. The van der Waals surface area contributed by atoms with E-state index in [9.17, 15) is 9.59 Å². The van der Waals surface area contributed by atoms with Crippen molar-refractivity contribution in [2.45, 2.75) is 38.1 Å². The minimum Gasteiger partial charge on any atom is -0.351 e. The van der Waals surface area contributed by atoms with Gasteiger partial charge in [-0.15, -0.1) is 0 Å². The van der Waals surface area contributed by atoms with Crippen LogP contribution in [0.3, 0.4) is 0 Å². The molecule has 6 heteroatoms. The summed E-state index contributed by atoms with van der Waals surface area (Å²) in [7, 11) is 2.12. The van der Waals surface area contributed by atoms with E-state index in [1.54, 1.807) is 36.0 Å². The van der Waals surface area contributed by atoms with Crippen molar-refractivity contribution in [3.63, 3.8) is 0 Å². The molecule has 5 nitrogen and oxygen atoms in total. The summed E-state index contributed by atoms with van der Waals surface area (Å²) in [5.41, 5.74) is 1.93. The Bertz CT molecular complexity index is 903. The third kappa shape index (κ3) is 4.43. The Hall–Kier alpha value is -2.60. The van der Waals surface area contributed by atoms with Crippen LogP contribution < -0.4 is 0 Å². The zero-order valence-corrected chi connectivity index (χ0v) is 18.1. The third-order valence-electron chi connectivity index (χ3n) is 5.83. The number of carbonyl (C=O) groups excluding carboxylic acids is 2. The highest BCUT2D eigenvalue weighted by Crippen LogP contribution is 2.27. The molecule has 1 heterocycles. The summed E-state index contributed by atoms with van der Waals surface area (Å²) in [6.45, 7) is 0.378.